The molecule has 6 nitrogen and oxygen atoms in total. The number of hydrogen-bond donors (Lipinski definition) is 3. The van der Waals surface area contributed by atoms with Gasteiger partial charge in [-0.3, -0.25) is 4.21 Å². The minimum Gasteiger partial charge on any atom is -0.444 e. The van der Waals surface area contributed by atoms with Gasteiger partial charge < -0.3 is 20.5 Å². The number of hydrogen-bond acceptors (Lipinski definition) is 5. The summed E-state index contributed by atoms with van der Waals surface area (Å²) in [6, 6.07) is 8.17. The summed E-state index contributed by atoms with van der Waals surface area (Å²) >= 11 is 0. The van der Waals surface area contributed by atoms with Crippen LogP contribution in [0, 0.1) is 17.0 Å². The summed E-state index contributed by atoms with van der Waals surface area (Å²) in [5.41, 5.74) is 1.74. The van der Waals surface area contributed by atoms with E-state index in [-0.39, 0.29) is 24.4 Å². The van der Waals surface area contributed by atoms with Gasteiger partial charge in [-0.2, -0.15) is 0 Å². The molecule has 0 aromatic heterocycles. The number of ether oxygens (including phenoxy) is 1. The quantitative estimate of drug-likeness (QED) is 0.421. The van der Waals surface area contributed by atoms with E-state index in [9.17, 15) is 22.9 Å². The van der Waals surface area contributed by atoms with Crippen LogP contribution in [0.4, 0.5) is 13.6 Å². The molecule has 2 aromatic carbocycles. The molecule has 0 fully saturated rings. The van der Waals surface area contributed by atoms with Gasteiger partial charge in [0, 0.05) is 29.3 Å². The molecule has 0 aliphatic carbocycles. The lowest BCUT2D eigenvalue weighted by Gasteiger charge is -2.31. The Morgan fingerprint density at radius 3 is 2.34 bits per heavy atom. The van der Waals surface area contributed by atoms with Crippen LogP contribution < -0.4 is 10.6 Å². The van der Waals surface area contributed by atoms with Gasteiger partial charge in [-0.1, -0.05) is 32.9 Å². The van der Waals surface area contributed by atoms with Gasteiger partial charge in [0.25, 0.3) is 0 Å². The molecule has 0 saturated carbocycles. The van der Waals surface area contributed by atoms with Crippen LogP contribution in [0.5, 0.6) is 0 Å². The molecule has 210 valence electrons. The van der Waals surface area contributed by atoms with Crippen LogP contribution in [0.1, 0.15) is 70.7 Å². The van der Waals surface area contributed by atoms with Crippen LogP contribution in [0.25, 0.3) is 0 Å². The highest BCUT2D eigenvalue weighted by atomic mass is 32.2. The van der Waals surface area contributed by atoms with E-state index in [1.807, 2.05) is 12.1 Å². The second kappa shape index (κ2) is 12.2. The second-order valence-corrected chi connectivity index (χ2v) is 13.7. The minimum atomic E-state index is -1.09. The van der Waals surface area contributed by atoms with E-state index in [2.05, 4.69) is 37.5 Å². The number of amides is 1. The average Bonchev–Trinajstić information content (AvgIpc) is 2.75. The lowest BCUT2D eigenvalue weighted by atomic mass is 9.87. The lowest BCUT2D eigenvalue weighted by Crippen LogP contribution is -2.50. The fraction of sp³-hybridized carbons (Fsp3) is 0.552. The van der Waals surface area contributed by atoms with Gasteiger partial charge in [-0.15, -0.1) is 0 Å². The molecule has 1 aliphatic rings. The van der Waals surface area contributed by atoms with Crippen molar-refractivity contribution in [2.24, 2.45) is 5.41 Å². The molecule has 0 radical (unpaired) electrons. The van der Waals surface area contributed by atoms with Gasteiger partial charge in [-0.05, 0) is 80.3 Å². The van der Waals surface area contributed by atoms with Crippen LogP contribution in [0.15, 0.2) is 41.3 Å². The molecule has 4 unspecified atom stereocenters. The molecule has 9 heteroatoms. The topological polar surface area (TPSA) is 87.7 Å². The number of rotatable bonds is 8. The molecule has 0 saturated heterocycles. The lowest BCUT2D eigenvalue weighted by molar-refractivity contribution is 0.0419. The van der Waals surface area contributed by atoms with E-state index in [0.29, 0.717) is 17.7 Å². The molecule has 1 aliphatic heterocycles. The Labute approximate surface area is 227 Å². The molecule has 3 rings (SSSR count). The van der Waals surface area contributed by atoms with E-state index in [0.717, 1.165) is 28.5 Å². The summed E-state index contributed by atoms with van der Waals surface area (Å²) < 4.78 is 45.6. The van der Waals surface area contributed by atoms with Crippen molar-refractivity contribution >= 4 is 16.9 Å². The Morgan fingerprint density at radius 1 is 1.08 bits per heavy atom. The van der Waals surface area contributed by atoms with Gasteiger partial charge in [0.15, 0.2) is 0 Å². The fourth-order valence-corrected chi connectivity index (χ4v) is 5.99. The Hall–Kier alpha value is -2.36. The molecular weight excluding hydrogens is 510 g/mol. The number of alkyl carbamates (subject to hydrolysis) is 1. The zero-order chi connectivity index (χ0) is 28.3. The third-order valence-corrected chi connectivity index (χ3v) is 7.61. The number of carbonyl (C=O) groups excluding carboxylic acids is 1. The van der Waals surface area contributed by atoms with Gasteiger partial charge in [-0.25, -0.2) is 13.6 Å². The Bertz CT molecular complexity index is 1140. The smallest absolute Gasteiger partial charge is 0.407 e. The Balaban J connectivity index is 1.78. The van der Waals surface area contributed by atoms with Crippen molar-refractivity contribution in [1.29, 1.82) is 0 Å². The maximum Gasteiger partial charge on any atom is 0.407 e. The molecule has 1 amide bonds. The Morgan fingerprint density at radius 2 is 1.74 bits per heavy atom. The van der Waals surface area contributed by atoms with Crippen molar-refractivity contribution in [3.8, 4) is 0 Å². The highest BCUT2D eigenvalue weighted by Crippen LogP contribution is 2.32. The standard InChI is InChI=1S/C29H40F2N2O4S/c1-28(2,3)16-18-7-8-26-22(13-18)23(9-10-38(26)36)32-17-25(34)24(33-27(35)37-29(4,5)6)14-19-11-20(30)15-21(31)12-19/h7-8,11-13,15,23-25,32,34H,9-10,14,16-17H2,1-6H3,(H,33,35). The summed E-state index contributed by atoms with van der Waals surface area (Å²) in [6.45, 7) is 11.8. The van der Waals surface area contributed by atoms with Crippen molar-refractivity contribution in [1.82, 2.24) is 10.6 Å². The second-order valence-electron chi connectivity index (χ2n) is 12.2. The predicted molar refractivity (Wildman–Crippen MR) is 145 cm³/mol. The average molecular weight is 551 g/mol. The largest absolute Gasteiger partial charge is 0.444 e. The summed E-state index contributed by atoms with van der Waals surface area (Å²) in [4.78, 5) is 13.3. The van der Waals surface area contributed by atoms with Gasteiger partial charge in [0.1, 0.15) is 17.2 Å². The van der Waals surface area contributed by atoms with Gasteiger partial charge in [0.2, 0.25) is 0 Å². The monoisotopic (exact) mass is 550 g/mol. The van der Waals surface area contributed by atoms with Crippen LogP contribution in [-0.4, -0.2) is 45.5 Å². The number of fused-ring (bicyclic) bond motifs is 1. The van der Waals surface area contributed by atoms with Crippen molar-refractivity contribution in [2.45, 2.75) is 89.5 Å². The van der Waals surface area contributed by atoms with Gasteiger partial charge >= 0.3 is 6.09 Å². The first-order valence-electron chi connectivity index (χ1n) is 13.0. The highest BCUT2D eigenvalue weighted by molar-refractivity contribution is 7.85. The SMILES string of the molecule is CC(C)(C)Cc1ccc2c(c1)C(NCC(O)C(Cc1cc(F)cc(F)c1)NC(=O)OC(C)(C)C)CCS2=O. The minimum absolute atomic E-state index is 0.00221. The molecular formula is C29H40F2N2O4S. The molecule has 1 heterocycles. The van der Waals surface area contributed by atoms with Crippen LogP contribution in [0.3, 0.4) is 0 Å². The van der Waals surface area contributed by atoms with E-state index >= 15 is 0 Å². The summed E-state index contributed by atoms with van der Waals surface area (Å²) in [5.74, 6) is -0.968. The fourth-order valence-electron chi connectivity index (χ4n) is 4.63. The number of carbonyl (C=O) groups is 1. The summed E-state index contributed by atoms with van der Waals surface area (Å²) in [5, 5.41) is 17.2. The zero-order valence-electron chi connectivity index (χ0n) is 23.1. The zero-order valence-corrected chi connectivity index (χ0v) is 23.9. The molecule has 38 heavy (non-hydrogen) atoms. The summed E-state index contributed by atoms with van der Waals surface area (Å²) in [7, 11) is -1.09. The van der Waals surface area contributed by atoms with Crippen molar-refractivity contribution in [2.75, 3.05) is 12.3 Å². The van der Waals surface area contributed by atoms with Crippen LogP contribution in [-0.2, 0) is 28.4 Å². The van der Waals surface area contributed by atoms with E-state index < -0.39 is 46.3 Å². The number of nitrogens with one attached hydrogen (secondary N) is 2. The molecule has 4 atom stereocenters. The first kappa shape index (κ1) is 30.2. The number of benzene rings is 2. The summed E-state index contributed by atoms with van der Waals surface area (Å²) in [6.07, 6.45) is -0.331. The molecule has 2 aromatic rings. The Kier molecular flexibility index (Phi) is 9.71. The van der Waals surface area contributed by atoms with Gasteiger partial charge in [0.05, 0.1) is 22.9 Å². The number of halogens is 2. The first-order valence-corrected chi connectivity index (χ1v) is 14.3. The maximum absolute atomic E-state index is 13.8. The van der Waals surface area contributed by atoms with Crippen molar-refractivity contribution < 1.29 is 27.6 Å². The van der Waals surface area contributed by atoms with E-state index in [1.165, 1.54) is 12.1 Å². The molecule has 3 N–H and O–H groups in total. The third kappa shape index (κ3) is 9.13. The van der Waals surface area contributed by atoms with E-state index in [4.69, 9.17) is 4.74 Å². The number of aliphatic hydroxyl groups is 1. The number of aliphatic hydroxyl groups excluding tert-OH is 1. The van der Waals surface area contributed by atoms with Crippen molar-refractivity contribution in [3.05, 3.63) is 64.7 Å². The van der Waals surface area contributed by atoms with Crippen LogP contribution in [0.2, 0.25) is 0 Å². The van der Waals surface area contributed by atoms with Crippen LogP contribution >= 0.6 is 0 Å². The highest BCUT2D eigenvalue weighted by Gasteiger charge is 2.29. The molecule has 0 spiro atoms. The van der Waals surface area contributed by atoms with E-state index in [1.54, 1.807) is 20.8 Å². The molecule has 0 bridgehead atoms. The van der Waals surface area contributed by atoms with Crippen molar-refractivity contribution in [3.63, 3.8) is 0 Å². The third-order valence-electron chi connectivity index (χ3n) is 6.14. The predicted octanol–water partition coefficient (Wildman–Crippen LogP) is 5.19. The first-order chi connectivity index (χ1) is 17.6. The maximum atomic E-state index is 13.8. The normalized spacial score (nSPS) is 19.4.